The Bertz CT molecular complexity index is 680. The van der Waals surface area contributed by atoms with Crippen LogP contribution in [0.25, 0.3) is 0 Å². The predicted molar refractivity (Wildman–Crippen MR) is 110 cm³/mol. The van der Waals surface area contributed by atoms with Crippen molar-refractivity contribution in [1.82, 2.24) is 5.32 Å². The van der Waals surface area contributed by atoms with E-state index in [2.05, 4.69) is 33.7 Å². The molecule has 3 rings (SSSR count). The lowest BCUT2D eigenvalue weighted by molar-refractivity contribution is 0.0953. The highest BCUT2D eigenvalue weighted by Gasteiger charge is 2.16. The summed E-state index contributed by atoms with van der Waals surface area (Å²) in [6.07, 6.45) is 2.05. The molecule has 0 unspecified atom stereocenters. The number of halogens is 2. The van der Waals surface area contributed by atoms with Gasteiger partial charge in [0.05, 0.1) is 0 Å². The number of rotatable bonds is 5. The first-order valence-electron chi connectivity index (χ1n) is 8.16. The van der Waals surface area contributed by atoms with Crippen molar-refractivity contribution in [3.05, 3.63) is 59.7 Å². The molecule has 0 atom stereocenters. The van der Waals surface area contributed by atoms with Gasteiger partial charge in [0.25, 0.3) is 5.91 Å². The number of nitrogens with zero attached hydrogens (tertiary/aromatic N) is 1. The highest BCUT2D eigenvalue weighted by molar-refractivity contribution is 5.97. The smallest absolute Gasteiger partial charge is 0.251 e. The van der Waals surface area contributed by atoms with Gasteiger partial charge in [-0.05, 0) is 42.7 Å². The summed E-state index contributed by atoms with van der Waals surface area (Å²) in [7, 11) is 2.04. The summed E-state index contributed by atoms with van der Waals surface area (Å²) in [5.74, 6) is 0.0204. The van der Waals surface area contributed by atoms with E-state index in [4.69, 9.17) is 0 Å². The van der Waals surface area contributed by atoms with Gasteiger partial charge in [0.2, 0.25) is 0 Å². The SMILES string of the molecule is CN(CCNC(=O)c1cccc2c1CCCN2)c1ccccc1.Cl.Cl. The first-order valence-corrected chi connectivity index (χ1v) is 8.16. The summed E-state index contributed by atoms with van der Waals surface area (Å²) in [5, 5.41) is 6.41. The number of hydrogen-bond acceptors (Lipinski definition) is 3. The van der Waals surface area contributed by atoms with Crippen LogP contribution in [0.2, 0.25) is 0 Å². The highest BCUT2D eigenvalue weighted by Crippen LogP contribution is 2.25. The Hall–Kier alpha value is -1.91. The Morgan fingerprint density at radius 3 is 2.64 bits per heavy atom. The van der Waals surface area contributed by atoms with Crippen molar-refractivity contribution in [1.29, 1.82) is 0 Å². The molecular formula is C19H25Cl2N3O. The zero-order valence-electron chi connectivity index (χ0n) is 14.3. The second-order valence-corrected chi connectivity index (χ2v) is 5.88. The molecule has 0 saturated carbocycles. The van der Waals surface area contributed by atoms with Gasteiger partial charge in [-0.2, -0.15) is 0 Å². The largest absolute Gasteiger partial charge is 0.385 e. The topological polar surface area (TPSA) is 44.4 Å². The minimum Gasteiger partial charge on any atom is -0.385 e. The fourth-order valence-electron chi connectivity index (χ4n) is 2.97. The van der Waals surface area contributed by atoms with E-state index in [0.29, 0.717) is 6.54 Å². The number of likely N-dealkylation sites (N-methyl/N-ethyl adjacent to an activating group) is 1. The summed E-state index contributed by atoms with van der Waals surface area (Å²) in [6.45, 7) is 2.39. The Labute approximate surface area is 161 Å². The average Bonchev–Trinajstić information content (AvgIpc) is 2.61. The van der Waals surface area contributed by atoms with E-state index in [9.17, 15) is 4.79 Å². The monoisotopic (exact) mass is 381 g/mol. The molecule has 0 radical (unpaired) electrons. The minimum absolute atomic E-state index is 0. The van der Waals surface area contributed by atoms with Gasteiger partial charge >= 0.3 is 0 Å². The molecule has 2 aromatic carbocycles. The Balaban J connectivity index is 0.00000156. The number of amides is 1. The van der Waals surface area contributed by atoms with Crippen molar-refractivity contribution < 1.29 is 4.79 Å². The van der Waals surface area contributed by atoms with Crippen molar-refractivity contribution in [3.8, 4) is 0 Å². The van der Waals surface area contributed by atoms with E-state index >= 15 is 0 Å². The van der Waals surface area contributed by atoms with Gasteiger partial charge in [-0.15, -0.1) is 24.8 Å². The third-order valence-electron chi connectivity index (χ3n) is 4.27. The lowest BCUT2D eigenvalue weighted by Gasteiger charge is -2.22. The average molecular weight is 382 g/mol. The maximum Gasteiger partial charge on any atom is 0.251 e. The molecule has 2 aromatic rings. The van der Waals surface area contributed by atoms with Crippen molar-refractivity contribution >= 4 is 42.1 Å². The fraction of sp³-hybridized carbons (Fsp3) is 0.316. The maximum absolute atomic E-state index is 12.5. The highest BCUT2D eigenvalue weighted by atomic mass is 35.5. The van der Waals surface area contributed by atoms with Crippen LogP contribution in [0.15, 0.2) is 48.5 Å². The van der Waals surface area contributed by atoms with Crippen LogP contribution in [0.1, 0.15) is 22.3 Å². The van der Waals surface area contributed by atoms with Crippen LogP contribution in [0.3, 0.4) is 0 Å². The Morgan fingerprint density at radius 1 is 1.12 bits per heavy atom. The first-order chi connectivity index (χ1) is 11.3. The van der Waals surface area contributed by atoms with Crippen LogP contribution in [0, 0.1) is 0 Å². The third-order valence-corrected chi connectivity index (χ3v) is 4.27. The first kappa shape index (κ1) is 21.1. The summed E-state index contributed by atoms with van der Waals surface area (Å²) in [6, 6.07) is 16.1. The standard InChI is InChI=1S/C19H23N3O.2ClH/c1-22(15-7-3-2-4-8-15)14-13-21-19(23)17-9-5-11-18-16(17)10-6-12-20-18;;/h2-5,7-9,11,20H,6,10,12-14H2,1H3,(H,21,23);2*1H. The quantitative estimate of drug-likeness (QED) is 0.828. The number of benzene rings is 2. The summed E-state index contributed by atoms with van der Waals surface area (Å²) >= 11 is 0. The van der Waals surface area contributed by atoms with Crippen molar-refractivity contribution in [3.63, 3.8) is 0 Å². The number of nitrogens with one attached hydrogen (secondary N) is 2. The molecule has 25 heavy (non-hydrogen) atoms. The molecule has 136 valence electrons. The van der Waals surface area contributed by atoms with Gasteiger partial charge in [0.15, 0.2) is 0 Å². The predicted octanol–water partition coefficient (Wildman–Crippen LogP) is 3.75. The van der Waals surface area contributed by atoms with Crippen molar-refractivity contribution in [2.24, 2.45) is 0 Å². The van der Waals surface area contributed by atoms with Crippen LogP contribution < -0.4 is 15.5 Å². The maximum atomic E-state index is 12.5. The fourth-order valence-corrected chi connectivity index (χ4v) is 2.97. The summed E-state index contributed by atoms with van der Waals surface area (Å²) < 4.78 is 0. The van der Waals surface area contributed by atoms with E-state index in [1.807, 2.05) is 37.4 Å². The zero-order valence-corrected chi connectivity index (χ0v) is 16.0. The molecular weight excluding hydrogens is 357 g/mol. The van der Waals surface area contributed by atoms with E-state index < -0.39 is 0 Å². The van der Waals surface area contributed by atoms with Gasteiger partial charge in [0, 0.05) is 43.6 Å². The van der Waals surface area contributed by atoms with Gasteiger partial charge < -0.3 is 15.5 Å². The van der Waals surface area contributed by atoms with Crippen LogP contribution in [-0.4, -0.2) is 32.6 Å². The van der Waals surface area contributed by atoms with Gasteiger partial charge in [-0.25, -0.2) is 0 Å². The second kappa shape index (κ2) is 10.2. The number of carbonyl (C=O) groups excluding carboxylic acids is 1. The lowest BCUT2D eigenvalue weighted by atomic mass is 9.97. The normalized spacial score (nSPS) is 11.9. The Kier molecular flexibility index (Phi) is 8.59. The van der Waals surface area contributed by atoms with Gasteiger partial charge in [-0.1, -0.05) is 24.3 Å². The molecule has 0 bridgehead atoms. The third kappa shape index (κ3) is 5.28. The Morgan fingerprint density at radius 2 is 1.88 bits per heavy atom. The molecule has 4 nitrogen and oxygen atoms in total. The van der Waals surface area contributed by atoms with E-state index in [-0.39, 0.29) is 30.7 Å². The lowest BCUT2D eigenvalue weighted by Crippen LogP contribution is -2.33. The van der Waals surface area contributed by atoms with Gasteiger partial charge in [0.1, 0.15) is 0 Å². The molecule has 0 saturated heterocycles. The number of fused-ring (bicyclic) bond motifs is 1. The number of para-hydroxylation sites is 1. The van der Waals surface area contributed by atoms with Crippen LogP contribution in [-0.2, 0) is 6.42 Å². The molecule has 2 N–H and O–H groups in total. The van der Waals surface area contributed by atoms with E-state index in [0.717, 1.165) is 48.4 Å². The zero-order chi connectivity index (χ0) is 16.1. The molecule has 0 fully saturated rings. The number of carbonyl (C=O) groups is 1. The van der Waals surface area contributed by atoms with E-state index in [1.54, 1.807) is 0 Å². The van der Waals surface area contributed by atoms with E-state index in [1.165, 1.54) is 0 Å². The molecule has 1 amide bonds. The molecule has 1 aliphatic heterocycles. The van der Waals surface area contributed by atoms with Crippen LogP contribution in [0.5, 0.6) is 0 Å². The minimum atomic E-state index is 0. The molecule has 0 spiro atoms. The molecule has 0 aliphatic carbocycles. The molecule has 0 aromatic heterocycles. The second-order valence-electron chi connectivity index (χ2n) is 5.88. The molecule has 1 heterocycles. The molecule has 1 aliphatic rings. The number of anilines is 2. The van der Waals surface area contributed by atoms with Crippen molar-refractivity contribution in [2.45, 2.75) is 12.8 Å². The van der Waals surface area contributed by atoms with Crippen LogP contribution >= 0.6 is 24.8 Å². The number of hydrogen-bond donors (Lipinski definition) is 2. The van der Waals surface area contributed by atoms with Crippen molar-refractivity contribution in [2.75, 3.05) is 36.9 Å². The summed E-state index contributed by atoms with van der Waals surface area (Å²) in [4.78, 5) is 14.6. The summed E-state index contributed by atoms with van der Waals surface area (Å²) in [5.41, 5.74) is 4.21. The van der Waals surface area contributed by atoms with Gasteiger partial charge in [-0.3, -0.25) is 4.79 Å². The van der Waals surface area contributed by atoms with Crippen LogP contribution in [0.4, 0.5) is 11.4 Å². The molecule has 6 heteroatoms.